The first-order valence-corrected chi connectivity index (χ1v) is 9.57. The molecular weight excluding hydrogens is 447 g/mol. The molecule has 1 N–H and O–H groups in total. The Hall–Kier alpha value is -1.81. The number of carbonyl (C=O) groups excluding carboxylic acids is 1. The molecule has 2 aromatic rings. The van der Waals surface area contributed by atoms with Crippen LogP contribution in [0.4, 0.5) is 5.69 Å². The number of methoxy groups -OCH3 is 2. The molecular formula is C18H25IN4O3. The maximum Gasteiger partial charge on any atom is 0.256 e. The lowest BCUT2D eigenvalue weighted by atomic mass is 10.2. The largest absolute Gasteiger partial charge is 0.493 e. The number of ether oxygens (including phenoxy) is 2. The molecule has 0 saturated carbocycles. The summed E-state index contributed by atoms with van der Waals surface area (Å²) in [5, 5.41) is 7.20. The summed E-state index contributed by atoms with van der Waals surface area (Å²) in [7, 11) is 3.12. The summed E-state index contributed by atoms with van der Waals surface area (Å²) >= 11 is 2.11. The number of benzene rings is 1. The number of anilines is 1. The SMILES string of the molecule is CCN(CC)CCn1cc(NC(=O)c2cc(OC)c(OC)cc2I)cn1. The highest BCUT2D eigenvalue weighted by molar-refractivity contribution is 14.1. The molecule has 0 radical (unpaired) electrons. The van der Waals surface area contributed by atoms with Crippen LogP contribution in [0.25, 0.3) is 0 Å². The van der Waals surface area contributed by atoms with Crippen LogP contribution < -0.4 is 14.8 Å². The van der Waals surface area contributed by atoms with Crippen molar-refractivity contribution in [2.75, 3.05) is 39.2 Å². The van der Waals surface area contributed by atoms with Crippen LogP contribution in [0.3, 0.4) is 0 Å². The normalized spacial score (nSPS) is 10.8. The Morgan fingerprint density at radius 1 is 1.23 bits per heavy atom. The Labute approximate surface area is 167 Å². The fraction of sp³-hybridized carbons (Fsp3) is 0.444. The molecule has 0 bridgehead atoms. The molecule has 8 heteroatoms. The van der Waals surface area contributed by atoms with Gasteiger partial charge in [-0.05, 0) is 47.8 Å². The highest BCUT2D eigenvalue weighted by Gasteiger charge is 2.16. The number of carbonyl (C=O) groups is 1. The van der Waals surface area contributed by atoms with Gasteiger partial charge in [0.2, 0.25) is 0 Å². The van der Waals surface area contributed by atoms with E-state index in [1.807, 2.05) is 10.9 Å². The van der Waals surface area contributed by atoms with Crippen LogP contribution in [0.1, 0.15) is 24.2 Å². The molecule has 26 heavy (non-hydrogen) atoms. The zero-order valence-electron chi connectivity index (χ0n) is 15.6. The summed E-state index contributed by atoms with van der Waals surface area (Å²) in [5.41, 5.74) is 1.19. The van der Waals surface area contributed by atoms with Gasteiger partial charge in [-0.25, -0.2) is 0 Å². The monoisotopic (exact) mass is 472 g/mol. The van der Waals surface area contributed by atoms with E-state index in [4.69, 9.17) is 9.47 Å². The standard InChI is InChI=1S/C18H25IN4O3/c1-5-22(6-2)7-8-23-12-13(11-20-23)21-18(24)14-9-16(25-3)17(26-4)10-15(14)19/h9-12H,5-8H2,1-4H3,(H,21,24). The van der Waals surface area contributed by atoms with Crippen molar-refractivity contribution in [2.24, 2.45) is 0 Å². The van der Waals surface area contributed by atoms with E-state index in [1.54, 1.807) is 32.5 Å². The summed E-state index contributed by atoms with van der Waals surface area (Å²) in [4.78, 5) is 14.9. The van der Waals surface area contributed by atoms with E-state index >= 15 is 0 Å². The Balaban J connectivity index is 2.06. The molecule has 0 saturated heterocycles. The number of aromatic nitrogens is 2. The third kappa shape index (κ3) is 5.10. The molecule has 1 aromatic carbocycles. The van der Waals surface area contributed by atoms with Crippen LogP contribution in [-0.4, -0.2) is 54.4 Å². The summed E-state index contributed by atoms with van der Waals surface area (Å²) in [6.07, 6.45) is 3.50. The number of halogens is 1. The van der Waals surface area contributed by atoms with Crippen molar-refractivity contribution in [1.82, 2.24) is 14.7 Å². The average molecular weight is 472 g/mol. The molecule has 0 spiro atoms. The quantitative estimate of drug-likeness (QED) is 0.569. The summed E-state index contributed by atoms with van der Waals surface area (Å²) in [6.45, 7) is 8.02. The number of amides is 1. The first-order valence-electron chi connectivity index (χ1n) is 8.50. The van der Waals surface area contributed by atoms with E-state index in [9.17, 15) is 4.79 Å². The Kier molecular flexibility index (Phi) is 7.70. The van der Waals surface area contributed by atoms with Crippen molar-refractivity contribution < 1.29 is 14.3 Å². The predicted molar refractivity (Wildman–Crippen MR) is 110 cm³/mol. The molecule has 0 atom stereocenters. The van der Waals surface area contributed by atoms with Gasteiger partial charge in [0, 0.05) is 16.3 Å². The van der Waals surface area contributed by atoms with Crippen molar-refractivity contribution in [1.29, 1.82) is 0 Å². The van der Waals surface area contributed by atoms with Gasteiger partial charge in [-0.2, -0.15) is 5.10 Å². The van der Waals surface area contributed by atoms with E-state index in [-0.39, 0.29) is 5.91 Å². The minimum absolute atomic E-state index is 0.210. The van der Waals surface area contributed by atoms with Crippen molar-refractivity contribution >= 4 is 34.2 Å². The van der Waals surface area contributed by atoms with Crippen molar-refractivity contribution in [3.63, 3.8) is 0 Å². The number of likely N-dealkylation sites (N-methyl/N-ethyl adjacent to an activating group) is 1. The average Bonchev–Trinajstić information content (AvgIpc) is 3.09. The van der Waals surface area contributed by atoms with Gasteiger partial charge in [0.15, 0.2) is 11.5 Å². The molecule has 1 amide bonds. The Bertz CT molecular complexity index is 744. The smallest absolute Gasteiger partial charge is 0.256 e. The van der Waals surface area contributed by atoms with E-state index in [0.717, 1.165) is 29.7 Å². The summed E-state index contributed by atoms with van der Waals surface area (Å²) < 4.78 is 13.2. The minimum atomic E-state index is -0.210. The summed E-state index contributed by atoms with van der Waals surface area (Å²) in [5.74, 6) is 0.907. The van der Waals surface area contributed by atoms with Crippen LogP contribution in [0.2, 0.25) is 0 Å². The Morgan fingerprint density at radius 3 is 2.50 bits per heavy atom. The van der Waals surface area contributed by atoms with E-state index < -0.39 is 0 Å². The van der Waals surface area contributed by atoms with Crippen LogP contribution >= 0.6 is 22.6 Å². The first kappa shape index (κ1) is 20.5. The number of hydrogen-bond acceptors (Lipinski definition) is 5. The van der Waals surface area contributed by atoms with Gasteiger partial charge in [-0.1, -0.05) is 13.8 Å². The molecule has 1 aromatic heterocycles. The third-order valence-corrected chi connectivity index (χ3v) is 5.04. The lowest BCUT2D eigenvalue weighted by molar-refractivity contribution is 0.102. The van der Waals surface area contributed by atoms with Gasteiger partial charge in [0.25, 0.3) is 5.91 Å². The van der Waals surface area contributed by atoms with Crippen molar-refractivity contribution in [3.8, 4) is 11.5 Å². The predicted octanol–water partition coefficient (Wildman–Crippen LogP) is 3.10. The Morgan fingerprint density at radius 2 is 1.88 bits per heavy atom. The topological polar surface area (TPSA) is 68.6 Å². The van der Waals surface area contributed by atoms with Gasteiger partial charge in [-0.3, -0.25) is 9.48 Å². The molecule has 0 unspecified atom stereocenters. The number of nitrogens with one attached hydrogen (secondary N) is 1. The second-order valence-corrected chi connectivity index (χ2v) is 6.82. The fourth-order valence-corrected chi connectivity index (χ4v) is 3.24. The van der Waals surface area contributed by atoms with Gasteiger partial charge in [0.05, 0.1) is 38.2 Å². The third-order valence-electron chi connectivity index (χ3n) is 4.15. The molecule has 0 aliphatic rings. The van der Waals surface area contributed by atoms with Crippen molar-refractivity contribution in [2.45, 2.75) is 20.4 Å². The molecule has 142 valence electrons. The molecule has 0 aliphatic heterocycles. The zero-order chi connectivity index (χ0) is 19.1. The lowest BCUT2D eigenvalue weighted by Crippen LogP contribution is -2.27. The van der Waals surface area contributed by atoms with Crippen LogP contribution in [0.5, 0.6) is 11.5 Å². The second kappa shape index (κ2) is 9.77. The van der Waals surface area contributed by atoms with Gasteiger partial charge in [0.1, 0.15) is 0 Å². The second-order valence-electron chi connectivity index (χ2n) is 5.66. The van der Waals surface area contributed by atoms with Gasteiger partial charge in [-0.15, -0.1) is 0 Å². The van der Waals surface area contributed by atoms with Crippen LogP contribution in [0, 0.1) is 3.57 Å². The maximum absolute atomic E-state index is 12.6. The number of rotatable bonds is 9. The fourth-order valence-electron chi connectivity index (χ4n) is 2.56. The highest BCUT2D eigenvalue weighted by Crippen LogP contribution is 2.31. The number of nitrogens with zero attached hydrogens (tertiary/aromatic N) is 3. The number of hydrogen-bond donors (Lipinski definition) is 1. The lowest BCUT2D eigenvalue weighted by Gasteiger charge is -2.17. The maximum atomic E-state index is 12.6. The molecule has 0 fully saturated rings. The van der Waals surface area contributed by atoms with E-state index in [2.05, 4.69) is 51.8 Å². The minimum Gasteiger partial charge on any atom is -0.493 e. The molecule has 2 rings (SSSR count). The molecule has 1 heterocycles. The zero-order valence-corrected chi connectivity index (χ0v) is 17.7. The summed E-state index contributed by atoms with van der Waals surface area (Å²) in [6, 6.07) is 3.46. The van der Waals surface area contributed by atoms with Gasteiger partial charge < -0.3 is 19.7 Å². The van der Waals surface area contributed by atoms with Gasteiger partial charge >= 0.3 is 0 Å². The van der Waals surface area contributed by atoms with Crippen LogP contribution in [-0.2, 0) is 6.54 Å². The van der Waals surface area contributed by atoms with E-state index in [0.29, 0.717) is 22.7 Å². The van der Waals surface area contributed by atoms with E-state index in [1.165, 1.54) is 0 Å². The van der Waals surface area contributed by atoms with Crippen LogP contribution in [0.15, 0.2) is 24.5 Å². The molecule has 7 nitrogen and oxygen atoms in total. The van der Waals surface area contributed by atoms with Crippen molar-refractivity contribution in [3.05, 3.63) is 33.7 Å². The highest BCUT2D eigenvalue weighted by atomic mass is 127. The molecule has 0 aliphatic carbocycles. The first-order chi connectivity index (χ1) is 12.5.